The number of aliphatic hydroxyl groups is 6. The average Bonchev–Trinajstić information content (AvgIpc) is 2.69. The Bertz CT molecular complexity index is 465. The summed E-state index contributed by atoms with van der Waals surface area (Å²) in [6.45, 7) is 2.44. The number of carbonyl (C=O) groups excluding carboxylic acids is 1. The minimum Gasteiger partial charge on any atom is -0.394 e. The van der Waals surface area contributed by atoms with Gasteiger partial charge in [-0.1, -0.05) is 39.0 Å². The molecule has 172 valence electrons. The van der Waals surface area contributed by atoms with Gasteiger partial charge in [-0.05, 0) is 6.42 Å². The van der Waals surface area contributed by atoms with Gasteiger partial charge in [0.25, 0.3) is 0 Å². The third-order valence-electron chi connectivity index (χ3n) is 5.09. The molecule has 7 N–H and O–H groups in total. The Labute approximate surface area is 171 Å². The minimum atomic E-state index is -1.59. The Balaban J connectivity index is 2.62. The lowest BCUT2D eigenvalue weighted by Gasteiger charge is -2.40. The molecule has 0 spiro atoms. The average molecular weight is 424 g/mol. The number of amides is 1. The van der Waals surface area contributed by atoms with E-state index in [1.54, 1.807) is 0 Å². The van der Waals surface area contributed by atoms with Crippen molar-refractivity contribution in [3.8, 4) is 0 Å². The van der Waals surface area contributed by atoms with Gasteiger partial charge in [0, 0.05) is 6.92 Å². The van der Waals surface area contributed by atoms with Crippen molar-refractivity contribution in [3.05, 3.63) is 0 Å². The third-order valence-corrected chi connectivity index (χ3v) is 5.09. The number of ether oxygens (including phenoxy) is 2. The van der Waals surface area contributed by atoms with E-state index >= 15 is 0 Å². The quantitative estimate of drug-likeness (QED) is 0.172. The van der Waals surface area contributed by atoms with E-state index in [0.717, 1.165) is 32.1 Å². The van der Waals surface area contributed by atoms with Gasteiger partial charge in [0.1, 0.15) is 30.5 Å². The summed E-state index contributed by atoms with van der Waals surface area (Å²) >= 11 is 0. The standard InChI is InChI=1S/C19H37NO9/c1-3-4-5-6-7-8-13(23)15(24)12(20-11(2)22)10-28-19-18(27)17(26)16(25)14(9-21)29-19/h12-19,21,23-27H,3-10H2,1-2H3,(H,20,22)/t12-,13+,14+,15-,16+,17-,18+,19+/m0/s1. The van der Waals surface area contributed by atoms with Gasteiger partial charge in [0.15, 0.2) is 6.29 Å². The Kier molecular flexibility index (Phi) is 12.1. The van der Waals surface area contributed by atoms with Gasteiger partial charge in [0.2, 0.25) is 5.91 Å². The van der Waals surface area contributed by atoms with Crippen LogP contribution in [-0.2, 0) is 14.3 Å². The first kappa shape index (κ1) is 26.2. The van der Waals surface area contributed by atoms with Crippen LogP contribution in [0.2, 0.25) is 0 Å². The van der Waals surface area contributed by atoms with Crippen LogP contribution in [0.3, 0.4) is 0 Å². The minimum absolute atomic E-state index is 0.323. The molecule has 1 rings (SSSR count). The molecule has 0 aromatic rings. The molecule has 29 heavy (non-hydrogen) atoms. The SMILES string of the molecule is CCCCCCC[C@@H](O)[C@@H](O)[C@H](CO[C@@H]1O[C@H](CO)[C@@H](O)[C@H](O)[C@H]1O)NC(C)=O. The fourth-order valence-electron chi connectivity index (χ4n) is 3.29. The maximum Gasteiger partial charge on any atom is 0.217 e. The molecule has 0 aromatic heterocycles. The largest absolute Gasteiger partial charge is 0.394 e. The van der Waals surface area contributed by atoms with Gasteiger partial charge in [-0.25, -0.2) is 0 Å². The lowest BCUT2D eigenvalue weighted by atomic mass is 9.98. The Morgan fingerprint density at radius 1 is 1.07 bits per heavy atom. The van der Waals surface area contributed by atoms with E-state index in [1.165, 1.54) is 6.92 Å². The van der Waals surface area contributed by atoms with Crippen molar-refractivity contribution >= 4 is 5.91 Å². The third kappa shape index (κ3) is 8.42. The molecule has 0 aromatic carbocycles. The first-order valence-electron chi connectivity index (χ1n) is 10.3. The molecule has 0 saturated carbocycles. The second-order valence-corrected chi connectivity index (χ2v) is 7.60. The smallest absolute Gasteiger partial charge is 0.217 e. The monoisotopic (exact) mass is 423 g/mol. The predicted octanol–water partition coefficient (Wildman–Crippen LogP) is -1.61. The molecule has 1 fully saturated rings. The summed E-state index contributed by atoms with van der Waals surface area (Å²) in [6.07, 6.45) is -4.31. The van der Waals surface area contributed by atoms with Crippen molar-refractivity contribution in [2.45, 2.75) is 101 Å². The van der Waals surface area contributed by atoms with Crippen LogP contribution < -0.4 is 5.32 Å². The molecule has 10 heteroatoms. The number of carbonyl (C=O) groups is 1. The maximum atomic E-state index is 11.5. The van der Waals surface area contributed by atoms with Crippen LogP contribution in [0, 0.1) is 0 Å². The summed E-state index contributed by atoms with van der Waals surface area (Å²) in [4.78, 5) is 11.5. The Morgan fingerprint density at radius 2 is 1.72 bits per heavy atom. The number of hydrogen-bond donors (Lipinski definition) is 7. The van der Waals surface area contributed by atoms with E-state index in [2.05, 4.69) is 12.2 Å². The van der Waals surface area contributed by atoms with Crippen LogP contribution in [0.15, 0.2) is 0 Å². The summed E-state index contributed by atoms with van der Waals surface area (Å²) in [5.74, 6) is -0.443. The van der Waals surface area contributed by atoms with Crippen molar-refractivity contribution in [3.63, 3.8) is 0 Å². The van der Waals surface area contributed by atoms with Gasteiger partial charge in [-0.15, -0.1) is 0 Å². The zero-order chi connectivity index (χ0) is 22.0. The number of nitrogens with one attached hydrogen (secondary N) is 1. The molecular weight excluding hydrogens is 386 g/mol. The van der Waals surface area contributed by atoms with E-state index in [-0.39, 0.29) is 6.61 Å². The normalized spacial score (nSPS) is 30.6. The van der Waals surface area contributed by atoms with E-state index in [9.17, 15) is 35.4 Å². The Morgan fingerprint density at radius 3 is 2.31 bits per heavy atom. The fourth-order valence-corrected chi connectivity index (χ4v) is 3.29. The molecule has 1 heterocycles. The topological polar surface area (TPSA) is 169 Å². The predicted molar refractivity (Wildman–Crippen MR) is 103 cm³/mol. The summed E-state index contributed by atoms with van der Waals surface area (Å²) in [5.41, 5.74) is 0. The van der Waals surface area contributed by atoms with Crippen LogP contribution in [0.5, 0.6) is 0 Å². The maximum absolute atomic E-state index is 11.5. The van der Waals surface area contributed by atoms with Crippen LogP contribution in [-0.4, -0.2) is 98.7 Å². The van der Waals surface area contributed by atoms with Crippen molar-refractivity contribution in [1.29, 1.82) is 0 Å². The number of aliphatic hydroxyl groups excluding tert-OH is 6. The fraction of sp³-hybridized carbons (Fsp3) is 0.947. The van der Waals surface area contributed by atoms with Gasteiger partial charge < -0.3 is 45.4 Å². The molecule has 1 aliphatic heterocycles. The van der Waals surface area contributed by atoms with Crippen molar-refractivity contribution in [2.75, 3.05) is 13.2 Å². The zero-order valence-corrected chi connectivity index (χ0v) is 17.2. The van der Waals surface area contributed by atoms with Gasteiger partial charge >= 0.3 is 0 Å². The highest BCUT2D eigenvalue weighted by Crippen LogP contribution is 2.22. The van der Waals surface area contributed by atoms with Crippen molar-refractivity contribution in [2.24, 2.45) is 0 Å². The molecule has 1 saturated heterocycles. The van der Waals surface area contributed by atoms with Crippen LogP contribution in [0.25, 0.3) is 0 Å². The van der Waals surface area contributed by atoms with Crippen molar-refractivity contribution in [1.82, 2.24) is 5.32 Å². The summed E-state index contributed by atoms with van der Waals surface area (Å²) < 4.78 is 10.6. The summed E-state index contributed by atoms with van der Waals surface area (Å²) in [7, 11) is 0. The molecule has 1 aliphatic rings. The molecule has 10 nitrogen and oxygen atoms in total. The highest BCUT2D eigenvalue weighted by Gasteiger charge is 2.44. The van der Waals surface area contributed by atoms with E-state index in [0.29, 0.717) is 6.42 Å². The molecule has 1 amide bonds. The lowest BCUT2D eigenvalue weighted by Crippen LogP contribution is -2.60. The second-order valence-electron chi connectivity index (χ2n) is 7.60. The molecule has 0 bridgehead atoms. The van der Waals surface area contributed by atoms with Gasteiger partial charge in [0.05, 0.1) is 25.4 Å². The van der Waals surface area contributed by atoms with Gasteiger partial charge in [-0.3, -0.25) is 4.79 Å². The number of hydrogen-bond acceptors (Lipinski definition) is 9. The molecule has 0 aliphatic carbocycles. The second kappa shape index (κ2) is 13.5. The van der Waals surface area contributed by atoms with Crippen LogP contribution >= 0.6 is 0 Å². The summed E-state index contributed by atoms with van der Waals surface area (Å²) in [5, 5.41) is 62.0. The molecule has 0 unspecified atom stereocenters. The first-order chi connectivity index (χ1) is 13.7. The van der Waals surface area contributed by atoms with Crippen LogP contribution in [0.4, 0.5) is 0 Å². The zero-order valence-electron chi connectivity index (χ0n) is 17.2. The van der Waals surface area contributed by atoms with Crippen molar-refractivity contribution < 1.29 is 44.9 Å². The Hall–Kier alpha value is -0.850. The lowest BCUT2D eigenvalue weighted by molar-refractivity contribution is -0.303. The molecular formula is C19H37NO9. The van der Waals surface area contributed by atoms with Gasteiger partial charge in [-0.2, -0.15) is 0 Å². The summed E-state index contributed by atoms with van der Waals surface area (Å²) in [6, 6.07) is -0.981. The number of rotatable bonds is 13. The number of unbranched alkanes of at least 4 members (excludes halogenated alkanes) is 4. The molecule has 0 radical (unpaired) electrons. The van der Waals surface area contributed by atoms with Crippen LogP contribution in [0.1, 0.15) is 52.4 Å². The highest BCUT2D eigenvalue weighted by molar-refractivity contribution is 5.73. The molecule has 8 atom stereocenters. The van der Waals surface area contributed by atoms with E-state index in [1.807, 2.05) is 0 Å². The highest BCUT2D eigenvalue weighted by atomic mass is 16.7. The first-order valence-corrected chi connectivity index (χ1v) is 10.3. The van der Waals surface area contributed by atoms with E-state index in [4.69, 9.17) is 9.47 Å². The van der Waals surface area contributed by atoms with E-state index < -0.39 is 61.5 Å².